The molecule has 2 nitrogen and oxygen atoms in total. The number of nitrogens with two attached hydrogens (primary N) is 1. The van der Waals surface area contributed by atoms with E-state index in [0.29, 0.717) is 11.3 Å². The van der Waals surface area contributed by atoms with Crippen LogP contribution in [0.4, 0.5) is 14.5 Å². The first-order valence-electron chi connectivity index (χ1n) is 6.48. The number of hydrogen-bond acceptors (Lipinski definition) is 2. The van der Waals surface area contributed by atoms with E-state index < -0.39 is 0 Å². The first-order chi connectivity index (χ1) is 9.54. The van der Waals surface area contributed by atoms with Gasteiger partial charge in [0.2, 0.25) is 0 Å². The number of hydrogen-bond donors (Lipinski definition) is 1. The Bertz CT molecular complexity index is 599. The average Bonchev–Trinajstić information content (AvgIpc) is 2.44. The van der Waals surface area contributed by atoms with Gasteiger partial charge in [0, 0.05) is 13.6 Å². The highest BCUT2D eigenvalue weighted by atomic mass is 19.1. The lowest BCUT2D eigenvalue weighted by Gasteiger charge is -2.30. The molecule has 0 fully saturated rings. The molecule has 0 aliphatic carbocycles. The largest absolute Gasteiger partial charge is 0.364 e. The van der Waals surface area contributed by atoms with E-state index >= 15 is 0 Å². The lowest BCUT2D eigenvalue weighted by molar-refractivity contribution is 0.593. The molecule has 2 aromatic rings. The van der Waals surface area contributed by atoms with Gasteiger partial charge in [0.05, 0.1) is 11.7 Å². The zero-order valence-corrected chi connectivity index (χ0v) is 11.6. The minimum Gasteiger partial charge on any atom is -0.364 e. The molecule has 0 amide bonds. The Kier molecular flexibility index (Phi) is 4.35. The highest BCUT2D eigenvalue weighted by Crippen LogP contribution is 2.27. The zero-order valence-electron chi connectivity index (χ0n) is 11.6. The molecule has 2 N–H and O–H groups in total. The number of likely N-dealkylation sites (N-methyl/N-ethyl adjacent to an activating group) is 1. The molecule has 0 spiro atoms. The van der Waals surface area contributed by atoms with E-state index in [0.717, 1.165) is 5.56 Å². The highest BCUT2D eigenvalue weighted by Gasteiger charge is 2.19. The van der Waals surface area contributed by atoms with Crippen LogP contribution in [0.25, 0.3) is 0 Å². The molecule has 2 rings (SSSR count). The molecule has 0 heterocycles. The maximum absolute atomic E-state index is 13.8. The van der Waals surface area contributed by atoms with Crippen LogP contribution in [0.3, 0.4) is 0 Å². The van der Waals surface area contributed by atoms with Crippen LogP contribution in [0.5, 0.6) is 0 Å². The van der Waals surface area contributed by atoms with Crippen molar-refractivity contribution in [3.05, 3.63) is 65.2 Å². The van der Waals surface area contributed by atoms with Crippen LogP contribution in [0.15, 0.2) is 42.5 Å². The second-order valence-corrected chi connectivity index (χ2v) is 4.82. The first kappa shape index (κ1) is 14.5. The van der Waals surface area contributed by atoms with Crippen molar-refractivity contribution >= 4 is 5.69 Å². The Balaban J connectivity index is 2.36. The van der Waals surface area contributed by atoms with Gasteiger partial charge < -0.3 is 10.6 Å². The van der Waals surface area contributed by atoms with Crippen molar-refractivity contribution in [2.45, 2.75) is 13.0 Å². The number of rotatable bonds is 4. The molecule has 0 aliphatic heterocycles. The van der Waals surface area contributed by atoms with E-state index in [1.807, 2.05) is 6.07 Å². The van der Waals surface area contributed by atoms with Crippen molar-refractivity contribution in [2.75, 3.05) is 18.5 Å². The summed E-state index contributed by atoms with van der Waals surface area (Å²) in [6.45, 7) is 1.98. The maximum atomic E-state index is 13.8. The summed E-state index contributed by atoms with van der Waals surface area (Å²) in [7, 11) is 1.76. The van der Waals surface area contributed by atoms with E-state index in [4.69, 9.17) is 5.73 Å². The summed E-state index contributed by atoms with van der Waals surface area (Å²) < 4.78 is 27.5. The lowest BCUT2D eigenvalue weighted by atomic mass is 10.0. The minimum atomic E-state index is -0.318. The smallest absolute Gasteiger partial charge is 0.146 e. The van der Waals surface area contributed by atoms with Gasteiger partial charge in [0.1, 0.15) is 11.6 Å². The molecule has 0 bridgehead atoms. The molecule has 1 atom stereocenters. The summed E-state index contributed by atoms with van der Waals surface area (Å²) in [6, 6.07) is 11.2. The van der Waals surface area contributed by atoms with Gasteiger partial charge >= 0.3 is 0 Å². The topological polar surface area (TPSA) is 29.3 Å². The number of nitrogens with zero attached hydrogens (tertiary/aromatic N) is 1. The van der Waals surface area contributed by atoms with Gasteiger partial charge in [0.25, 0.3) is 0 Å². The summed E-state index contributed by atoms with van der Waals surface area (Å²) in [6.07, 6.45) is 0. The van der Waals surface area contributed by atoms with Crippen molar-refractivity contribution in [1.82, 2.24) is 0 Å². The van der Waals surface area contributed by atoms with Crippen LogP contribution < -0.4 is 10.6 Å². The molecular formula is C16H18F2N2. The monoisotopic (exact) mass is 276 g/mol. The fraction of sp³-hybridized carbons (Fsp3) is 0.250. The maximum Gasteiger partial charge on any atom is 0.146 e. The van der Waals surface area contributed by atoms with E-state index in [1.54, 1.807) is 43.1 Å². The Morgan fingerprint density at radius 2 is 1.80 bits per heavy atom. The predicted octanol–water partition coefficient (Wildman–Crippen LogP) is 3.41. The quantitative estimate of drug-likeness (QED) is 0.927. The number of benzene rings is 2. The number of halogens is 2. The van der Waals surface area contributed by atoms with Crippen LogP contribution in [0.2, 0.25) is 0 Å². The lowest BCUT2D eigenvalue weighted by Crippen LogP contribution is -2.31. The van der Waals surface area contributed by atoms with E-state index in [1.165, 1.54) is 12.1 Å². The molecule has 1 unspecified atom stereocenters. The van der Waals surface area contributed by atoms with Crippen LogP contribution >= 0.6 is 0 Å². The van der Waals surface area contributed by atoms with Crippen molar-refractivity contribution in [3.8, 4) is 0 Å². The molecule has 4 heteroatoms. The Morgan fingerprint density at radius 1 is 1.10 bits per heavy atom. The van der Waals surface area contributed by atoms with Gasteiger partial charge in [-0.15, -0.1) is 0 Å². The molecule has 0 aromatic heterocycles. The molecule has 2 aromatic carbocycles. The second-order valence-electron chi connectivity index (χ2n) is 4.82. The van der Waals surface area contributed by atoms with Crippen molar-refractivity contribution < 1.29 is 8.78 Å². The van der Waals surface area contributed by atoms with Crippen molar-refractivity contribution in [1.29, 1.82) is 0 Å². The van der Waals surface area contributed by atoms with E-state index in [2.05, 4.69) is 0 Å². The average molecular weight is 276 g/mol. The zero-order chi connectivity index (χ0) is 14.7. The molecule has 0 saturated heterocycles. The third-order valence-electron chi connectivity index (χ3n) is 3.50. The summed E-state index contributed by atoms with van der Waals surface area (Å²) in [5.74, 6) is -0.594. The molecule has 0 radical (unpaired) electrons. The Hall–Kier alpha value is -1.94. The van der Waals surface area contributed by atoms with Gasteiger partial charge in [-0.25, -0.2) is 8.78 Å². The first-order valence-corrected chi connectivity index (χ1v) is 6.48. The summed E-state index contributed by atoms with van der Waals surface area (Å²) in [5, 5.41) is 0. The number of aryl methyl sites for hydroxylation is 1. The SMILES string of the molecule is Cc1ccc(C(CN)N(C)c2ccccc2F)cc1F. The van der Waals surface area contributed by atoms with Crippen LogP contribution in [0, 0.1) is 18.6 Å². The van der Waals surface area contributed by atoms with Gasteiger partial charge in [-0.05, 0) is 36.2 Å². The van der Waals surface area contributed by atoms with Gasteiger partial charge in [0.15, 0.2) is 0 Å². The van der Waals surface area contributed by atoms with Crippen molar-refractivity contribution in [2.24, 2.45) is 5.73 Å². The molecule has 106 valence electrons. The third kappa shape index (κ3) is 2.80. The molecule has 0 saturated carbocycles. The van der Waals surface area contributed by atoms with Crippen LogP contribution in [0.1, 0.15) is 17.2 Å². The number of para-hydroxylation sites is 1. The second kappa shape index (κ2) is 6.01. The Morgan fingerprint density at radius 3 is 2.40 bits per heavy atom. The molecule has 0 aliphatic rings. The number of anilines is 1. The standard InChI is InChI=1S/C16H18F2N2/c1-11-7-8-12(9-14(11)18)16(10-19)20(2)15-6-4-3-5-13(15)17/h3-9,16H,10,19H2,1-2H3. The van der Waals surface area contributed by atoms with Gasteiger partial charge in [-0.1, -0.05) is 24.3 Å². The fourth-order valence-electron chi connectivity index (χ4n) is 2.24. The fourth-order valence-corrected chi connectivity index (χ4v) is 2.24. The summed E-state index contributed by atoms with van der Waals surface area (Å²) in [4.78, 5) is 1.74. The third-order valence-corrected chi connectivity index (χ3v) is 3.50. The van der Waals surface area contributed by atoms with Crippen LogP contribution in [-0.2, 0) is 0 Å². The Labute approximate surface area is 117 Å². The normalized spacial score (nSPS) is 12.2. The van der Waals surface area contributed by atoms with E-state index in [9.17, 15) is 8.78 Å². The summed E-state index contributed by atoms with van der Waals surface area (Å²) >= 11 is 0. The molecule has 20 heavy (non-hydrogen) atoms. The van der Waals surface area contributed by atoms with Crippen LogP contribution in [-0.4, -0.2) is 13.6 Å². The molecular weight excluding hydrogens is 258 g/mol. The van der Waals surface area contributed by atoms with Gasteiger partial charge in [-0.3, -0.25) is 0 Å². The predicted molar refractivity (Wildman–Crippen MR) is 77.7 cm³/mol. The van der Waals surface area contributed by atoms with E-state index in [-0.39, 0.29) is 24.2 Å². The van der Waals surface area contributed by atoms with Crippen molar-refractivity contribution in [3.63, 3.8) is 0 Å². The highest BCUT2D eigenvalue weighted by molar-refractivity contribution is 5.49. The minimum absolute atomic E-state index is 0.271. The summed E-state index contributed by atoms with van der Waals surface area (Å²) in [5.41, 5.74) is 7.56. The van der Waals surface area contributed by atoms with Gasteiger partial charge in [-0.2, -0.15) is 0 Å².